The number of ketones is 1. The monoisotopic (exact) mass is 518 g/mol. The van der Waals surface area contributed by atoms with E-state index in [1.54, 1.807) is 0 Å². The third-order valence-corrected chi connectivity index (χ3v) is 8.75. The molecule has 1 amide bonds. The van der Waals surface area contributed by atoms with Gasteiger partial charge in [0.15, 0.2) is 12.1 Å². The summed E-state index contributed by atoms with van der Waals surface area (Å²) >= 11 is 0. The molecule has 3 saturated heterocycles. The van der Waals surface area contributed by atoms with Crippen LogP contribution in [-0.4, -0.2) is 78.7 Å². The predicted octanol–water partition coefficient (Wildman–Crippen LogP) is 2.90. The minimum absolute atomic E-state index is 0.0577. The molecule has 0 spiro atoms. The summed E-state index contributed by atoms with van der Waals surface area (Å²) < 4.78 is 0. The van der Waals surface area contributed by atoms with Crippen molar-refractivity contribution in [2.24, 2.45) is 29.4 Å². The molecule has 3 aliphatic rings. The van der Waals surface area contributed by atoms with Gasteiger partial charge < -0.3 is 20.4 Å². The molecule has 9 nitrogen and oxygen atoms in total. The molecule has 0 saturated carbocycles. The fraction of sp³-hybridized carbons (Fsp3) is 0.552. The zero-order chi connectivity index (χ0) is 26.8. The lowest BCUT2D eigenvalue weighted by molar-refractivity contribution is 0.0922. The Morgan fingerprint density at radius 1 is 1.05 bits per heavy atom. The van der Waals surface area contributed by atoms with Gasteiger partial charge in [-0.15, -0.1) is 0 Å². The zero-order valence-electron chi connectivity index (χ0n) is 22.4. The number of rotatable bonds is 9. The second-order valence-electron chi connectivity index (χ2n) is 11.3. The van der Waals surface area contributed by atoms with Crippen molar-refractivity contribution in [2.45, 2.75) is 33.1 Å². The standard InChI is InChI=1S/C29H38N6O3/c1-3-19(2)27(37)26-10-25(5-4-21(26)18-36)35-16-23-14-33(15-24(23)17-35)13-20-6-8-34(9-7-20)29-31-11-22(12-32-29)28(30)38/h4-5,10-12,18-20,23-24H,3,6-9,13-17H2,1-2H3,(H2,30,38). The second kappa shape index (κ2) is 11.2. The first-order chi connectivity index (χ1) is 18.4. The molecule has 4 heterocycles. The number of carbonyl (C=O) groups excluding carboxylic acids is 3. The minimum atomic E-state index is -0.508. The summed E-state index contributed by atoms with van der Waals surface area (Å²) in [6.45, 7) is 11.1. The Hall–Kier alpha value is -3.33. The fourth-order valence-electron chi connectivity index (χ4n) is 6.25. The zero-order valence-corrected chi connectivity index (χ0v) is 22.4. The van der Waals surface area contributed by atoms with Gasteiger partial charge in [0.1, 0.15) is 0 Å². The van der Waals surface area contributed by atoms with Gasteiger partial charge in [-0.1, -0.05) is 13.8 Å². The molecule has 2 N–H and O–H groups in total. The summed E-state index contributed by atoms with van der Waals surface area (Å²) in [5.74, 6) is 2.06. The first-order valence-electron chi connectivity index (χ1n) is 13.8. The number of benzene rings is 1. The lowest BCUT2D eigenvalue weighted by Gasteiger charge is -2.34. The maximum atomic E-state index is 12.9. The van der Waals surface area contributed by atoms with Gasteiger partial charge in [0.25, 0.3) is 5.91 Å². The van der Waals surface area contributed by atoms with Crippen molar-refractivity contribution in [3.63, 3.8) is 0 Å². The molecule has 202 valence electrons. The number of likely N-dealkylation sites (tertiary alicyclic amines) is 1. The summed E-state index contributed by atoms with van der Waals surface area (Å²) in [7, 11) is 0. The minimum Gasteiger partial charge on any atom is -0.371 e. The molecule has 1 aromatic carbocycles. The van der Waals surface area contributed by atoms with E-state index in [1.165, 1.54) is 12.4 Å². The van der Waals surface area contributed by atoms with Crippen molar-refractivity contribution in [3.8, 4) is 0 Å². The van der Waals surface area contributed by atoms with Crippen molar-refractivity contribution in [3.05, 3.63) is 47.3 Å². The van der Waals surface area contributed by atoms with Gasteiger partial charge in [-0.2, -0.15) is 0 Å². The summed E-state index contributed by atoms with van der Waals surface area (Å²) in [5, 5.41) is 0. The summed E-state index contributed by atoms with van der Waals surface area (Å²) in [6, 6.07) is 5.74. The Balaban J connectivity index is 1.12. The highest BCUT2D eigenvalue weighted by atomic mass is 16.1. The van der Waals surface area contributed by atoms with Crippen LogP contribution in [-0.2, 0) is 0 Å². The van der Waals surface area contributed by atoms with E-state index < -0.39 is 5.91 Å². The van der Waals surface area contributed by atoms with E-state index >= 15 is 0 Å². The van der Waals surface area contributed by atoms with Crippen LogP contribution in [0.1, 0.15) is 64.2 Å². The highest BCUT2D eigenvalue weighted by Gasteiger charge is 2.41. The Kier molecular flexibility index (Phi) is 7.74. The molecule has 0 radical (unpaired) electrons. The van der Waals surface area contributed by atoms with E-state index in [0.717, 1.165) is 77.0 Å². The molecule has 3 fully saturated rings. The van der Waals surface area contributed by atoms with Crippen LogP contribution in [0.15, 0.2) is 30.6 Å². The van der Waals surface area contributed by atoms with Crippen LogP contribution in [0.25, 0.3) is 0 Å². The number of Topliss-reactive ketones (excluding diaryl/α,β-unsaturated/α-hetero) is 1. The normalized spacial score (nSPS) is 22.9. The molecule has 3 unspecified atom stereocenters. The summed E-state index contributed by atoms with van der Waals surface area (Å²) in [6.07, 6.45) is 6.78. The fourth-order valence-corrected chi connectivity index (χ4v) is 6.25. The topological polar surface area (TPSA) is 113 Å². The molecular weight excluding hydrogens is 480 g/mol. The average Bonchev–Trinajstić information content (AvgIpc) is 3.51. The van der Waals surface area contributed by atoms with Crippen LogP contribution in [0, 0.1) is 23.7 Å². The largest absolute Gasteiger partial charge is 0.371 e. The molecule has 38 heavy (non-hydrogen) atoms. The van der Waals surface area contributed by atoms with E-state index in [-0.39, 0.29) is 11.7 Å². The van der Waals surface area contributed by atoms with E-state index in [2.05, 4.69) is 24.7 Å². The summed E-state index contributed by atoms with van der Waals surface area (Å²) in [5.41, 5.74) is 7.73. The van der Waals surface area contributed by atoms with Crippen molar-refractivity contribution in [1.82, 2.24) is 14.9 Å². The first-order valence-corrected chi connectivity index (χ1v) is 13.8. The van der Waals surface area contributed by atoms with Gasteiger partial charge in [0, 0.05) is 80.9 Å². The number of piperidine rings is 1. The maximum Gasteiger partial charge on any atom is 0.251 e. The lowest BCUT2D eigenvalue weighted by Crippen LogP contribution is -2.39. The van der Waals surface area contributed by atoms with Crippen LogP contribution < -0.4 is 15.5 Å². The average molecular weight is 519 g/mol. The van der Waals surface area contributed by atoms with Crippen molar-refractivity contribution in [1.29, 1.82) is 0 Å². The van der Waals surface area contributed by atoms with E-state index in [9.17, 15) is 14.4 Å². The van der Waals surface area contributed by atoms with Gasteiger partial charge in [-0.25, -0.2) is 9.97 Å². The Morgan fingerprint density at radius 3 is 2.29 bits per heavy atom. The van der Waals surface area contributed by atoms with Crippen molar-refractivity contribution >= 4 is 29.6 Å². The van der Waals surface area contributed by atoms with E-state index in [4.69, 9.17) is 5.73 Å². The lowest BCUT2D eigenvalue weighted by atomic mass is 9.93. The number of nitrogens with zero attached hydrogens (tertiary/aromatic N) is 5. The van der Waals surface area contributed by atoms with E-state index in [0.29, 0.717) is 40.4 Å². The smallest absolute Gasteiger partial charge is 0.251 e. The Labute approximate surface area is 224 Å². The SMILES string of the molecule is CCC(C)C(=O)c1cc(N2CC3CN(CC4CCN(c5ncc(C(N)=O)cn5)CC4)CC3C2)ccc1C=O. The number of fused-ring (bicyclic) bond motifs is 1. The number of hydrogen-bond acceptors (Lipinski definition) is 8. The third kappa shape index (κ3) is 5.43. The number of hydrogen-bond donors (Lipinski definition) is 1. The van der Waals surface area contributed by atoms with E-state index in [1.807, 2.05) is 32.0 Å². The van der Waals surface area contributed by atoms with Crippen LogP contribution >= 0.6 is 0 Å². The van der Waals surface area contributed by atoms with Crippen LogP contribution in [0.4, 0.5) is 11.6 Å². The molecule has 5 rings (SSSR count). The molecule has 0 bridgehead atoms. The molecule has 0 aliphatic carbocycles. The molecule has 2 aromatic rings. The van der Waals surface area contributed by atoms with Gasteiger partial charge in [-0.3, -0.25) is 14.4 Å². The summed E-state index contributed by atoms with van der Waals surface area (Å²) in [4.78, 5) is 51.6. The third-order valence-electron chi connectivity index (χ3n) is 8.75. The number of anilines is 2. The van der Waals surface area contributed by atoms with Crippen LogP contribution in [0.3, 0.4) is 0 Å². The van der Waals surface area contributed by atoms with Crippen LogP contribution in [0.2, 0.25) is 0 Å². The first kappa shape index (κ1) is 26.3. The Bertz CT molecular complexity index is 1160. The number of aldehydes is 1. The quantitative estimate of drug-likeness (QED) is 0.398. The van der Waals surface area contributed by atoms with Crippen molar-refractivity contribution in [2.75, 3.05) is 55.6 Å². The van der Waals surface area contributed by atoms with Gasteiger partial charge in [-0.05, 0) is 55.2 Å². The van der Waals surface area contributed by atoms with Gasteiger partial charge in [0.2, 0.25) is 5.95 Å². The highest BCUT2D eigenvalue weighted by Crippen LogP contribution is 2.36. The highest BCUT2D eigenvalue weighted by molar-refractivity contribution is 6.04. The van der Waals surface area contributed by atoms with Crippen molar-refractivity contribution < 1.29 is 14.4 Å². The molecular formula is C29H38N6O3. The molecule has 9 heteroatoms. The number of primary amides is 1. The number of amides is 1. The van der Waals surface area contributed by atoms with Gasteiger partial charge >= 0.3 is 0 Å². The number of carbonyl (C=O) groups is 3. The molecule has 1 aromatic heterocycles. The van der Waals surface area contributed by atoms with Crippen LogP contribution in [0.5, 0.6) is 0 Å². The molecule has 3 atom stereocenters. The predicted molar refractivity (Wildman–Crippen MR) is 147 cm³/mol. The van der Waals surface area contributed by atoms with Gasteiger partial charge in [0.05, 0.1) is 5.56 Å². The maximum absolute atomic E-state index is 12.9. The second-order valence-corrected chi connectivity index (χ2v) is 11.3. The molecule has 3 aliphatic heterocycles. The number of aromatic nitrogens is 2. The Morgan fingerprint density at radius 2 is 1.71 bits per heavy atom. The number of nitrogens with two attached hydrogens (primary N) is 1.